The molecule has 0 fully saturated rings. The number of aromatic nitrogens is 1. The van der Waals surface area contributed by atoms with Crippen LogP contribution in [-0.2, 0) is 6.42 Å². The lowest BCUT2D eigenvalue weighted by molar-refractivity contribution is 0.193. The first-order valence-electron chi connectivity index (χ1n) is 11.5. The number of rotatable bonds is 4. The molecule has 1 aromatic heterocycles. The van der Waals surface area contributed by atoms with Crippen LogP contribution in [0.5, 0.6) is 11.5 Å². The largest absolute Gasteiger partial charge is 0.497 e. The van der Waals surface area contributed by atoms with Gasteiger partial charge in [0.25, 0.3) is 0 Å². The van der Waals surface area contributed by atoms with Crippen molar-refractivity contribution < 1.29 is 14.3 Å². The van der Waals surface area contributed by atoms with E-state index in [1.807, 2.05) is 42.2 Å². The summed E-state index contributed by atoms with van der Waals surface area (Å²) < 4.78 is 10.9. The molecule has 174 valence electrons. The number of amides is 2. The predicted octanol–water partition coefficient (Wildman–Crippen LogP) is 5.98. The van der Waals surface area contributed by atoms with Crippen LogP contribution in [0.25, 0.3) is 10.9 Å². The number of aryl methyl sites for hydroxylation is 2. The third kappa shape index (κ3) is 3.85. The fourth-order valence-corrected chi connectivity index (χ4v) is 4.82. The molecule has 6 heteroatoms. The molecule has 34 heavy (non-hydrogen) atoms. The molecule has 0 aliphatic carbocycles. The topological polar surface area (TPSA) is 66.6 Å². The minimum atomic E-state index is -0.237. The molecule has 3 aromatic carbocycles. The fourth-order valence-electron chi connectivity index (χ4n) is 4.82. The van der Waals surface area contributed by atoms with E-state index < -0.39 is 0 Å². The van der Waals surface area contributed by atoms with Crippen molar-refractivity contribution in [3.63, 3.8) is 0 Å². The zero-order chi connectivity index (χ0) is 23.8. The van der Waals surface area contributed by atoms with E-state index in [-0.39, 0.29) is 12.1 Å². The molecule has 0 bridgehead atoms. The molecular weight excluding hydrogens is 426 g/mol. The molecular formula is C28H29N3O3. The second kappa shape index (κ2) is 8.78. The quantitative estimate of drug-likeness (QED) is 0.398. The van der Waals surface area contributed by atoms with Crippen molar-refractivity contribution >= 4 is 22.6 Å². The first kappa shape index (κ1) is 21.9. The molecule has 1 aliphatic heterocycles. The Morgan fingerprint density at radius 3 is 2.47 bits per heavy atom. The van der Waals surface area contributed by atoms with Gasteiger partial charge >= 0.3 is 6.03 Å². The number of urea groups is 1. The van der Waals surface area contributed by atoms with Crippen LogP contribution in [0.2, 0.25) is 0 Å². The van der Waals surface area contributed by atoms with E-state index in [2.05, 4.69) is 47.6 Å². The zero-order valence-corrected chi connectivity index (χ0v) is 19.9. The van der Waals surface area contributed by atoms with Gasteiger partial charge in [-0.2, -0.15) is 0 Å². The molecule has 4 aromatic rings. The van der Waals surface area contributed by atoms with Crippen molar-refractivity contribution in [3.05, 3.63) is 88.6 Å². The molecule has 5 rings (SSSR count). The van der Waals surface area contributed by atoms with Gasteiger partial charge in [0.05, 0.1) is 25.9 Å². The summed E-state index contributed by atoms with van der Waals surface area (Å²) in [7, 11) is 3.29. The van der Waals surface area contributed by atoms with Gasteiger partial charge in [-0.05, 0) is 67.3 Å². The molecule has 6 nitrogen and oxygen atoms in total. The van der Waals surface area contributed by atoms with Crippen LogP contribution in [-0.4, -0.2) is 36.7 Å². The monoisotopic (exact) mass is 455 g/mol. The molecule has 0 saturated carbocycles. The second-order valence-corrected chi connectivity index (χ2v) is 8.82. The molecule has 1 aliphatic rings. The number of hydrogen-bond donors (Lipinski definition) is 2. The summed E-state index contributed by atoms with van der Waals surface area (Å²) in [5.74, 6) is 1.47. The Morgan fingerprint density at radius 2 is 1.74 bits per heavy atom. The SMILES string of the molecule is COc1ccc2[nH]c3c(c2c1)CCN(C(=O)Nc1cc(C)ccc1OC)C3c1ccc(C)cc1. The van der Waals surface area contributed by atoms with E-state index in [1.165, 1.54) is 11.1 Å². The summed E-state index contributed by atoms with van der Waals surface area (Å²) in [6.07, 6.45) is 0.753. The first-order valence-corrected chi connectivity index (χ1v) is 11.5. The van der Waals surface area contributed by atoms with Crippen LogP contribution in [0.3, 0.4) is 0 Å². The number of carbonyl (C=O) groups is 1. The minimum absolute atomic E-state index is 0.156. The lowest BCUT2D eigenvalue weighted by Gasteiger charge is -2.36. The molecule has 1 unspecified atom stereocenters. The van der Waals surface area contributed by atoms with Crippen LogP contribution < -0.4 is 14.8 Å². The van der Waals surface area contributed by atoms with Crippen LogP contribution >= 0.6 is 0 Å². The summed E-state index contributed by atoms with van der Waals surface area (Å²) in [6, 6.07) is 19.9. The van der Waals surface area contributed by atoms with E-state index in [1.54, 1.807) is 14.2 Å². The summed E-state index contributed by atoms with van der Waals surface area (Å²) in [5.41, 5.74) is 7.30. The lowest BCUT2D eigenvalue weighted by Crippen LogP contribution is -2.43. The Labute approximate surface area is 199 Å². The van der Waals surface area contributed by atoms with Gasteiger partial charge in [-0.1, -0.05) is 35.9 Å². The number of benzene rings is 3. The Bertz CT molecular complexity index is 1360. The average Bonchev–Trinajstić information content (AvgIpc) is 3.22. The highest BCUT2D eigenvalue weighted by Crippen LogP contribution is 2.40. The smallest absolute Gasteiger partial charge is 0.322 e. The van der Waals surface area contributed by atoms with E-state index in [0.29, 0.717) is 18.0 Å². The van der Waals surface area contributed by atoms with E-state index in [0.717, 1.165) is 39.9 Å². The second-order valence-electron chi connectivity index (χ2n) is 8.82. The summed E-state index contributed by atoms with van der Waals surface area (Å²) >= 11 is 0. The molecule has 0 spiro atoms. The number of hydrogen-bond acceptors (Lipinski definition) is 3. The van der Waals surface area contributed by atoms with Gasteiger partial charge in [0.1, 0.15) is 11.5 Å². The van der Waals surface area contributed by atoms with Crippen LogP contribution in [0.1, 0.15) is 34.0 Å². The number of fused-ring (bicyclic) bond motifs is 3. The van der Waals surface area contributed by atoms with Crippen molar-refractivity contribution in [3.8, 4) is 11.5 Å². The highest BCUT2D eigenvalue weighted by Gasteiger charge is 2.35. The summed E-state index contributed by atoms with van der Waals surface area (Å²) in [4.78, 5) is 19.2. The fraction of sp³-hybridized carbons (Fsp3) is 0.250. The first-order chi connectivity index (χ1) is 16.5. The van der Waals surface area contributed by atoms with Crippen LogP contribution in [0.15, 0.2) is 60.7 Å². The number of H-pyrrole nitrogens is 1. The van der Waals surface area contributed by atoms with Gasteiger partial charge in [0.2, 0.25) is 0 Å². The van der Waals surface area contributed by atoms with E-state index >= 15 is 0 Å². The van der Waals surface area contributed by atoms with Gasteiger partial charge in [0.15, 0.2) is 0 Å². The molecule has 0 radical (unpaired) electrons. The van der Waals surface area contributed by atoms with Gasteiger partial charge in [-0.15, -0.1) is 0 Å². The number of anilines is 1. The van der Waals surface area contributed by atoms with Gasteiger partial charge in [0, 0.05) is 23.1 Å². The standard InChI is InChI=1S/C28H29N3O3/c1-17-5-8-19(9-6-17)27-26-21(22-16-20(33-3)10-11-23(22)29-26)13-14-31(27)28(32)30-24-15-18(2)7-12-25(24)34-4/h5-12,15-16,27,29H,13-14H2,1-4H3,(H,30,32). The number of methoxy groups -OCH3 is 2. The maximum absolute atomic E-state index is 13.6. The molecule has 2 amide bonds. The van der Waals surface area contributed by atoms with Crippen molar-refractivity contribution in [2.75, 3.05) is 26.1 Å². The van der Waals surface area contributed by atoms with E-state index in [4.69, 9.17) is 9.47 Å². The predicted molar refractivity (Wildman–Crippen MR) is 135 cm³/mol. The molecule has 2 heterocycles. The Balaban J connectivity index is 1.58. The van der Waals surface area contributed by atoms with Crippen molar-refractivity contribution in [1.82, 2.24) is 9.88 Å². The highest BCUT2D eigenvalue weighted by atomic mass is 16.5. The van der Waals surface area contributed by atoms with Gasteiger partial charge < -0.3 is 24.7 Å². The average molecular weight is 456 g/mol. The maximum Gasteiger partial charge on any atom is 0.322 e. The van der Waals surface area contributed by atoms with Crippen LogP contribution in [0.4, 0.5) is 10.5 Å². The summed E-state index contributed by atoms with van der Waals surface area (Å²) in [5, 5.41) is 4.24. The Morgan fingerprint density at radius 1 is 0.971 bits per heavy atom. The number of aromatic amines is 1. The maximum atomic E-state index is 13.6. The molecule has 2 N–H and O–H groups in total. The Hall–Kier alpha value is -3.93. The Kier molecular flexibility index (Phi) is 5.65. The summed E-state index contributed by atoms with van der Waals surface area (Å²) in [6.45, 7) is 4.66. The minimum Gasteiger partial charge on any atom is -0.497 e. The number of ether oxygens (including phenoxy) is 2. The number of carbonyl (C=O) groups excluding carboxylic acids is 1. The normalized spacial score (nSPS) is 15.2. The van der Waals surface area contributed by atoms with Gasteiger partial charge in [-0.3, -0.25) is 0 Å². The third-order valence-corrected chi connectivity index (χ3v) is 6.58. The highest BCUT2D eigenvalue weighted by molar-refractivity contribution is 5.93. The van der Waals surface area contributed by atoms with Crippen LogP contribution in [0, 0.1) is 13.8 Å². The van der Waals surface area contributed by atoms with Crippen molar-refractivity contribution in [2.24, 2.45) is 0 Å². The lowest BCUT2D eigenvalue weighted by atomic mass is 9.92. The molecule has 0 saturated heterocycles. The van der Waals surface area contributed by atoms with E-state index in [9.17, 15) is 4.79 Å². The van der Waals surface area contributed by atoms with Crippen molar-refractivity contribution in [2.45, 2.75) is 26.3 Å². The zero-order valence-electron chi connectivity index (χ0n) is 19.9. The number of nitrogens with one attached hydrogen (secondary N) is 2. The molecule has 1 atom stereocenters. The number of nitrogens with zero attached hydrogens (tertiary/aromatic N) is 1. The van der Waals surface area contributed by atoms with Crippen molar-refractivity contribution in [1.29, 1.82) is 0 Å². The van der Waals surface area contributed by atoms with Gasteiger partial charge in [-0.25, -0.2) is 4.79 Å². The third-order valence-electron chi connectivity index (χ3n) is 6.58.